The predicted molar refractivity (Wildman–Crippen MR) is 116 cm³/mol. The number of benzene rings is 1. The number of aliphatic imine (C=N–C) groups is 1. The number of guanidine groups is 1. The Morgan fingerprint density at radius 2 is 1.83 bits per heavy atom. The van der Waals surface area contributed by atoms with E-state index < -0.39 is 0 Å². The van der Waals surface area contributed by atoms with Crippen LogP contribution in [-0.4, -0.2) is 86.0 Å². The second-order valence-electron chi connectivity index (χ2n) is 7.72. The van der Waals surface area contributed by atoms with Crippen molar-refractivity contribution < 1.29 is 9.53 Å². The molecule has 2 fully saturated rings. The zero-order valence-corrected chi connectivity index (χ0v) is 18.1. The van der Waals surface area contributed by atoms with E-state index in [-0.39, 0.29) is 11.9 Å². The van der Waals surface area contributed by atoms with Crippen LogP contribution < -0.4 is 10.1 Å². The number of carbonyl (C=O) groups is 1. The molecule has 1 aromatic rings. The molecule has 29 heavy (non-hydrogen) atoms. The molecule has 0 aliphatic carbocycles. The van der Waals surface area contributed by atoms with Crippen LogP contribution in [-0.2, 0) is 4.79 Å². The highest BCUT2D eigenvalue weighted by Gasteiger charge is 2.25. The summed E-state index contributed by atoms with van der Waals surface area (Å²) in [5.74, 6) is 1.99. The largest absolute Gasteiger partial charge is 0.497 e. The number of ether oxygens (including phenoxy) is 1. The van der Waals surface area contributed by atoms with Gasteiger partial charge >= 0.3 is 0 Å². The van der Waals surface area contributed by atoms with Crippen LogP contribution in [0.25, 0.3) is 0 Å². The minimum Gasteiger partial charge on any atom is -0.497 e. The zero-order chi connectivity index (χ0) is 20.6. The van der Waals surface area contributed by atoms with Gasteiger partial charge in [0.05, 0.1) is 19.7 Å². The van der Waals surface area contributed by atoms with Gasteiger partial charge in [-0.1, -0.05) is 12.1 Å². The van der Waals surface area contributed by atoms with Crippen molar-refractivity contribution in [3.63, 3.8) is 0 Å². The summed E-state index contributed by atoms with van der Waals surface area (Å²) in [4.78, 5) is 23.4. The molecule has 7 heteroatoms. The van der Waals surface area contributed by atoms with Gasteiger partial charge in [-0.15, -0.1) is 0 Å². The van der Waals surface area contributed by atoms with Crippen LogP contribution in [0.3, 0.4) is 0 Å². The number of methoxy groups -OCH3 is 1. The van der Waals surface area contributed by atoms with Gasteiger partial charge in [-0.05, 0) is 50.6 Å². The second-order valence-corrected chi connectivity index (χ2v) is 7.72. The second kappa shape index (κ2) is 10.5. The van der Waals surface area contributed by atoms with Crippen molar-refractivity contribution in [1.29, 1.82) is 0 Å². The fraction of sp³-hybridized carbons (Fsp3) is 0.636. The maximum Gasteiger partial charge on any atom is 0.219 e. The average molecular weight is 402 g/mol. The van der Waals surface area contributed by atoms with E-state index in [1.54, 1.807) is 14.0 Å². The molecule has 0 spiro atoms. The summed E-state index contributed by atoms with van der Waals surface area (Å²) in [5.41, 5.74) is 1.26. The van der Waals surface area contributed by atoms with E-state index in [4.69, 9.17) is 9.73 Å². The minimum absolute atomic E-state index is 0.152. The molecule has 160 valence electrons. The van der Waals surface area contributed by atoms with Crippen LogP contribution in [0.4, 0.5) is 0 Å². The highest BCUT2D eigenvalue weighted by molar-refractivity contribution is 5.80. The number of carbonyl (C=O) groups excluding carboxylic acids is 1. The molecule has 1 unspecified atom stereocenters. The first-order chi connectivity index (χ1) is 14.1. The Bertz CT molecular complexity index is 694. The van der Waals surface area contributed by atoms with Crippen LogP contribution in [0, 0.1) is 0 Å². The van der Waals surface area contributed by atoms with E-state index in [0.717, 1.165) is 57.5 Å². The Balaban J connectivity index is 1.75. The predicted octanol–water partition coefficient (Wildman–Crippen LogP) is 1.96. The van der Waals surface area contributed by atoms with Crippen molar-refractivity contribution in [2.45, 2.75) is 32.7 Å². The van der Waals surface area contributed by atoms with E-state index >= 15 is 0 Å². The van der Waals surface area contributed by atoms with E-state index in [1.807, 2.05) is 11.0 Å². The third-order valence-corrected chi connectivity index (χ3v) is 5.83. The molecule has 1 amide bonds. The summed E-state index contributed by atoms with van der Waals surface area (Å²) < 4.78 is 5.45. The number of hydrogen-bond donors (Lipinski definition) is 1. The highest BCUT2D eigenvalue weighted by atomic mass is 16.5. The van der Waals surface area contributed by atoms with E-state index in [2.05, 4.69) is 40.2 Å². The number of piperazine rings is 1. The lowest BCUT2D eigenvalue weighted by Gasteiger charge is -2.36. The molecule has 2 saturated heterocycles. The number of amides is 1. The molecular weight excluding hydrogens is 366 g/mol. The standard InChI is InChI=1S/C22H35N5O2/c1-4-23-22(27-14-12-25(13-15-27)18(2)28)24-17-21(26-10-5-6-11-26)19-8-7-9-20(16-19)29-3/h7-9,16,21H,4-6,10-15,17H2,1-3H3,(H,23,24). The first-order valence-corrected chi connectivity index (χ1v) is 10.8. The lowest BCUT2D eigenvalue weighted by Crippen LogP contribution is -2.53. The maximum atomic E-state index is 11.6. The highest BCUT2D eigenvalue weighted by Crippen LogP contribution is 2.28. The normalized spacial score (nSPS) is 19.3. The summed E-state index contributed by atoms with van der Waals surface area (Å²) >= 11 is 0. The topological polar surface area (TPSA) is 60.4 Å². The fourth-order valence-corrected chi connectivity index (χ4v) is 4.17. The van der Waals surface area contributed by atoms with Gasteiger partial charge in [-0.3, -0.25) is 14.7 Å². The Kier molecular flexibility index (Phi) is 7.75. The van der Waals surface area contributed by atoms with Gasteiger partial charge in [0.2, 0.25) is 5.91 Å². The number of nitrogens with zero attached hydrogens (tertiary/aromatic N) is 4. The maximum absolute atomic E-state index is 11.6. The van der Waals surface area contributed by atoms with Gasteiger partial charge in [-0.25, -0.2) is 0 Å². The van der Waals surface area contributed by atoms with Crippen molar-refractivity contribution in [2.75, 3.05) is 59.5 Å². The van der Waals surface area contributed by atoms with Crippen LogP contribution >= 0.6 is 0 Å². The lowest BCUT2D eigenvalue weighted by molar-refractivity contribution is -0.130. The number of rotatable bonds is 6. The monoisotopic (exact) mass is 401 g/mol. The van der Waals surface area contributed by atoms with Gasteiger partial charge in [0.1, 0.15) is 5.75 Å². The van der Waals surface area contributed by atoms with Gasteiger partial charge in [0.15, 0.2) is 5.96 Å². The molecule has 0 bridgehead atoms. The first kappa shape index (κ1) is 21.4. The number of nitrogens with one attached hydrogen (secondary N) is 1. The molecule has 0 saturated carbocycles. The van der Waals surface area contributed by atoms with Crippen molar-refractivity contribution in [1.82, 2.24) is 20.0 Å². The molecular formula is C22H35N5O2. The summed E-state index contributed by atoms with van der Waals surface area (Å²) in [5, 5.41) is 3.45. The third-order valence-electron chi connectivity index (χ3n) is 5.83. The third kappa shape index (κ3) is 5.63. The molecule has 3 rings (SSSR count). The molecule has 2 aliphatic heterocycles. The van der Waals surface area contributed by atoms with E-state index in [1.165, 1.54) is 18.4 Å². The molecule has 0 radical (unpaired) electrons. The number of likely N-dealkylation sites (tertiary alicyclic amines) is 1. The number of hydrogen-bond acceptors (Lipinski definition) is 4. The van der Waals surface area contributed by atoms with Crippen molar-refractivity contribution >= 4 is 11.9 Å². The van der Waals surface area contributed by atoms with Gasteiger partial charge < -0.3 is 19.9 Å². The molecule has 1 N–H and O–H groups in total. The molecule has 2 aliphatic rings. The molecule has 2 heterocycles. The summed E-state index contributed by atoms with van der Waals surface area (Å²) in [7, 11) is 1.71. The smallest absolute Gasteiger partial charge is 0.219 e. The van der Waals surface area contributed by atoms with Crippen LogP contribution in [0.15, 0.2) is 29.3 Å². The first-order valence-electron chi connectivity index (χ1n) is 10.8. The Morgan fingerprint density at radius 1 is 1.14 bits per heavy atom. The molecule has 1 aromatic carbocycles. The van der Waals surface area contributed by atoms with Crippen LogP contribution in [0.1, 0.15) is 38.3 Å². The average Bonchev–Trinajstić information content (AvgIpc) is 3.28. The van der Waals surface area contributed by atoms with Crippen LogP contribution in [0.5, 0.6) is 5.75 Å². The molecule has 1 atom stereocenters. The van der Waals surface area contributed by atoms with Crippen molar-refractivity contribution in [3.05, 3.63) is 29.8 Å². The Morgan fingerprint density at radius 3 is 2.45 bits per heavy atom. The summed E-state index contributed by atoms with van der Waals surface area (Å²) in [6, 6.07) is 8.62. The minimum atomic E-state index is 0.152. The SMILES string of the molecule is CCNC(=NCC(c1cccc(OC)c1)N1CCCC1)N1CCN(C(C)=O)CC1. The fourth-order valence-electron chi connectivity index (χ4n) is 4.17. The zero-order valence-electron chi connectivity index (χ0n) is 18.1. The Labute approximate surface area is 174 Å². The Hall–Kier alpha value is -2.28. The quantitative estimate of drug-likeness (QED) is 0.583. The van der Waals surface area contributed by atoms with Crippen molar-refractivity contribution in [3.8, 4) is 5.75 Å². The van der Waals surface area contributed by atoms with Crippen LogP contribution in [0.2, 0.25) is 0 Å². The van der Waals surface area contributed by atoms with E-state index in [9.17, 15) is 4.79 Å². The summed E-state index contributed by atoms with van der Waals surface area (Å²) in [6.45, 7) is 10.7. The van der Waals surface area contributed by atoms with Gasteiger partial charge in [-0.2, -0.15) is 0 Å². The lowest BCUT2D eigenvalue weighted by atomic mass is 10.1. The van der Waals surface area contributed by atoms with E-state index in [0.29, 0.717) is 6.54 Å². The van der Waals surface area contributed by atoms with Gasteiger partial charge in [0.25, 0.3) is 0 Å². The molecule has 0 aromatic heterocycles. The van der Waals surface area contributed by atoms with Crippen molar-refractivity contribution in [2.24, 2.45) is 4.99 Å². The summed E-state index contributed by atoms with van der Waals surface area (Å²) in [6.07, 6.45) is 2.49. The van der Waals surface area contributed by atoms with Gasteiger partial charge in [0, 0.05) is 39.6 Å². The molecule has 7 nitrogen and oxygen atoms in total.